The lowest BCUT2D eigenvalue weighted by atomic mass is 9.94. The third-order valence-electron chi connectivity index (χ3n) is 4.69. The van der Waals surface area contributed by atoms with Crippen LogP contribution in [0.3, 0.4) is 0 Å². The first-order valence-corrected chi connectivity index (χ1v) is 8.01. The van der Waals surface area contributed by atoms with E-state index in [-0.39, 0.29) is 0 Å². The van der Waals surface area contributed by atoms with Crippen LogP contribution in [0.2, 0.25) is 0 Å². The fraction of sp³-hybridized carbons (Fsp3) is 0.625. The predicted octanol–water partition coefficient (Wildman–Crippen LogP) is 2.69. The standard InChI is InChI=1S/C16H23N3S/c1-10-7-12(10)9-19(2)16-13(15(17)20)8-11-5-3-4-6-14(11)18-16/h8,10,12H,3-7,9H2,1-2H3,(H2,17,20). The van der Waals surface area contributed by atoms with E-state index in [9.17, 15) is 0 Å². The predicted molar refractivity (Wildman–Crippen MR) is 87.3 cm³/mol. The Morgan fingerprint density at radius 1 is 1.45 bits per heavy atom. The van der Waals surface area contributed by atoms with Crippen LogP contribution in [0.1, 0.15) is 43.0 Å². The van der Waals surface area contributed by atoms with E-state index in [4.69, 9.17) is 22.9 Å². The molecule has 0 spiro atoms. The van der Waals surface area contributed by atoms with E-state index in [0.29, 0.717) is 4.99 Å². The van der Waals surface area contributed by atoms with Gasteiger partial charge >= 0.3 is 0 Å². The maximum atomic E-state index is 5.92. The lowest BCUT2D eigenvalue weighted by molar-refractivity contribution is 0.662. The third kappa shape index (κ3) is 2.66. The van der Waals surface area contributed by atoms with Gasteiger partial charge in [-0.15, -0.1) is 0 Å². The van der Waals surface area contributed by atoms with E-state index < -0.39 is 0 Å². The van der Waals surface area contributed by atoms with Crippen molar-refractivity contribution < 1.29 is 0 Å². The van der Waals surface area contributed by atoms with E-state index in [1.165, 1.54) is 30.5 Å². The molecule has 0 bridgehead atoms. The first-order chi connectivity index (χ1) is 9.56. The summed E-state index contributed by atoms with van der Waals surface area (Å²) in [5.74, 6) is 2.64. The van der Waals surface area contributed by atoms with Gasteiger partial charge in [-0.1, -0.05) is 19.1 Å². The molecule has 4 heteroatoms. The Labute approximate surface area is 126 Å². The summed E-state index contributed by atoms with van der Waals surface area (Å²) >= 11 is 5.24. The number of hydrogen-bond donors (Lipinski definition) is 1. The summed E-state index contributed by atoms with van der Waals surface area (Å²) in [6, 6.07) is 2.19. The second-order valence-corrected chi connectivity index (χ2v) is 6.83. The number of aromatic nitrogens is 1. The van der Waals surface area contributed by atoms with Crippen molar-refractivity contribution in [2.24, 2.45) is 17.6 Å². The molecular weight excluding hydrogens is 266 g/mol. The average molecular weight is 289 g/mol. The normalized spacial score (nSPS) is 24.1. The van der Waals surface area contributed by atoms with E-state index in [0.717, 1.165) is 42.6 Å². The molecule has 0 aromatic carbocycles. The fourth-order valence-corrected chi connectivity index (χ4v) is 3.34. The molecule has 2 unspecified atom stereocenters. The molecule has 0 radical (unpaired) electrons. The van der Waals surface area contributed by atoms with Gasteiger partial charge in [-0.25, -0.2) is 4.98 Å². The van der Waals surface area contributed by atoms with Crippen molar-refractivity contribution in [2.75, 3.05) is 18.5 Å². The largest absolute Gasteiger partial charge is 0.389 e. The van der Waals surface area contributed by atoms with Gasteiger partial charge in [0.15, 0.2) is 0 Å². The topological polar surface area (TPSA) is 42.2 Å². The first-order valence-electron chi connectivity index (χ1n) is 7.60. The van der Waals surface area contributed by atoms with E-state index in [2.05, 4.69) is 24.9 Å². The Kier molecular flexibility index (Phi) is 3.67. The minimum atomic E-state index is 0.469. The molecule has 1 saturated carbocycles. The molecule has 2 aliphatic carbocycles. The lowest BCUT2D eigenvalue weighted by Crippen LogP contribution is -2.27. The molecule has 1 heterocycles. The van der Waals surface area contributed by atoms with Crippen LogP contribution < -0.4 is 10.6 Å². The monoisotopic (exact) mass is 289 g/mol. The van der Waals surface area contributed by atoms with Crippen LogP contribution in [0, 0.1) is 11.8 Å². The van der Waals surface area contributed by atoms with Crippen LogP contribution in [0.4, 0.5) is 5.82 Å². The molecule has 0 amide bonds. The molecule has 3 rings (SSSR count). The highest BCUT2D eigenvalue weighted by atomic mass is 32.1. The second kappa shape index (κ2) is 5.32. The van der Waals surface area contributed by atoms with Gasteiger partial charge in [0, 0.05) is 19.3 Å². The minimum Gasteiger partial charge on any atom is -0.389 e. The molecule has 3 nitrogen and oxygen atoms in total. The van der Waals surface area contributed by atoms with Crippen LogP contribution in [0.25, 0.3) is 0 Å². The van der Waals surface area contributed by atoms with Crippen molar-refractivity contribution >= 4 is 23.0 Å². The summed E-state index contributed by atoms with van der Waals surface area (Å²) in [7, 11) is 2.12. The molecule has 2 atom stereocenters. The maximum absolute atomic E-state index is 5.92. The van der Waals surface area contributed by atoms with Crippen molar-refractivity contribution in [3.8, 4) is 0 Å². The van der Waals surface area contributed by atoms with Crippen molar-refractivity contribution in [2.45, 2.75) is 39.0 Å². The van der Waals surface area contributed by atoms with Gasteiger partial charge in [0.2, 0.25) is 0 Å². The zero-order chi connectivity index (χ0) is 14.3. The molecule has 2 aliphatic rings. The number of fused-ring (bicyclic) bond motifs is 1. The number of aryl methyl sites for hydroxylation is 2. The highest BCUT2D eigenvalue weighted by Crippen LogP contribution is 2.39. The molecular formula is C16H23N3S. The molecule has 1 aromatic heterocycles. The van der Waals surface area contributed by atoms with Crippen molar-refractivity contribution in [1.82, 2.24) is 4.98 Å². The van der Waals surface area contributed by atoms with Crippen molar-refractivity contribution in [3.63, 3.8) is 0 Å². The smallest absolute Gasteiger partial charge is 0.138 e. The molecule has 20 heavy (non-hydrogen) atoms. The zero-order valence-corrected chi connectivity index (χ0v) is 13.2. The summed E-state index contributed by atoms with van der Waals surface area (Å²) in [5.41, 5.74) is 9.47. The Bertz CT molecular complexity index is 541. The Morgan fingerprint density at radius 2 is 2.15 bits per heavy atom. The summed E-state index contributed by atoms with van der Waals surface area (Å²) < 4.78 is 0. The minimum absolute atomic E-state index is 0.469. The van der Waals surface area contributed by atoms with Crippen LogP contribution in [0.5, 0.6) is 0 Å². The van der Waals surface area contributed by atoms with Crippen LogP contribution in [0.15, 0.2) is 6.07 Å². The average Bonchev–Trinajstić information content (AvgIpc) is 3.12. The molecule has 108 valence electrons. The quantitative estimate of drug-likeness (QED) is 0.865. The second-order valence-electron chi connectivity index (χ2n) is 6.39. The van der Waals surface area contributed by atoms with E-state index in [1.807, 2.05) is 0 Å². The molecule has 0 aliphatic heterocycles. The molecule has 2 N–H and O–H groups in total. The number of anilines is 1. The summed E-state index contributed by atoms with van der Waals surface area (Å²) in [6.45, 7) is 3.37. The molecule has 0 saturated heterocycles. The van der Waals surface area contributed by atoms with Crippen LogP contribution in [-0.4, -0.2) is 23.6 Å². The van der Waals surface area contributed by atoms with Crippen LogP contribution in [-0.2, 0) is 12.8 Å². The maximum Gasteiger partial charge on any atom is 0.138 e. The Hall–Kier alpha value is -1.16. The number of hydrogen-bond acceptors (Lipinski definition) is 3. The van der Waals surface area contributed by atoms with E-state index >= 15 is 0 Å². The first kappa shape index (κ1) is 13.8. The van der Waals surface area contributed by atoms with Gasteiger partial charge in [0.1, 0.15) is 10.8 Å². The summed E-state index contributed by atoms with van der Waals surface area (Å²) in [6.07, 6.45) is 6.03. The Balaban J connectivity index is 1.92. The number of nitrogens with two attached hydrogens (primary N) is 1. The van der Waals surface area contributed by atoms with Gasteiger partial charge < -0.3 is 10.6 Å². The third-order valence-corrected chi connectivity index (χ3v) is 4.91. The fourth-order valence-electron chi connectivity index (χ4n) is 3.19. The number of rotatable bonds is 4. The SMILES string of the molecule is CC1CC1CN(C)c1nc2c(cc1C(N)=S)CCCC2. The van der Waals surface area contributed by atoms with Crippen molar-refractivity contribution in [1.29, 1.82) is 0 Å². The molecule has 1 fully saturated rings. The summed E-state index contributed by atoms with van der Waals surface area (Å²) in [4.78, 5) is 7.62. The van der Waals surface area contributed by atoms with Crippen molar-refractivity contribution in [3.05, 3.63) is 22.9 Å². The van der Waals surface area contributed by atoms with Crippen LogP contribution >= 0.6 is 12.2 Å². The van der Waals surface area contributed by atoms with Gasteiger partial charge in [0.25, 0.3) is 0 Å². The number of nitrogens with zero attached hydrogens (tertiary/aromatic N) is 2. The highest BCUT2D eigenvalue weighted by Gasteiger charge is 2.34. The number of thiocarbonyl (C=S) groups is 1. The number of pyridine rings is 1. The van der Waals surface area contributed by atoms with Gasteiger partial charge in [-0.2, -0.15) is 0 Å². The molecule has 1 aromatic rings. The van der Waals surface area contributed by atoms with Gasteiger partial charge in [0.05, 0.1) is 5.56 Å². The lowest BCUT2D eigenvalue weighted by Gasteiger charge is -2.24. The zero-order valence-electron chi connectivity index (χ0n) is 12.4. The van der Waals surface area contributed by atoms with Gasteiger partial charge in [-0.05, 0) is 55.6 Å². The highest BCUT2D eigenvalue weighted by molar-refractivity contribution is 7.80. The van der Waals surface area contributed by atoms with Gasteiger partial charge in [-0.3, -0.25) is 0 Å². The van der Waals surface area contributed by atoms with E-state index in [1.54, 1.807) is 0 Å². The summed E-state index contributed by atoms with van der Waals surface area (Å²) in [5, 5.41) is 0. The Morgan fingerprint density at radius 3 is 2.80 bits per heavy atom.